The van der Waals surface area contributed by atoms with Crippen LogP contribution < -0.4 is 10.6 Å². The molecule has 0 saturated heterocycles. The van der Waals surface area contributed by atoms with Crippen molar-refractivity contribution in [3.8, 4) is 0 Å². The van der Waals surface area contributed by atoms with Crippen molar-refractivity contribution in [1.29, 1.82) is 0 Å². The minimum Gasteiger partial charge on any atom is -0.348 e. The summed E-state index contributed by atoms with van der Waals surface area (Å²) in [5, 5.41) is 6.26. The number of hydrogen-bond acceptors (Lipinski definition) is 4. The molecule has 0 aliphatic heterocycles. The Bertz CT molecular complexity index is 686. The summed E-state index contributed by atoms with van der Waals surface area (Å²) in [4.78, 5) is 20.6. The SMILES string of the molecule is O=C(NC1CCCCC1)c1cc(Nc2ccccc2Br)ncn1. The van der Waals surface area contributed by atoms with Gasteiger partial charge in [-0.1, -0.05) is 31.4 Å². The maximum Gasteiger partial charge on any atom is 0.270 e. The second-order valence-corrected chi connectivity index (χ2v) is 6.56. The zero-order valence-electron chi connectivity index (χ0n) is 12.8. The van der Waals surface area contributed by atoms with Crippen LogP contribution in [0.15, 0.2) is 41.1 Å². The average molecular weight is 375 g/mol. The number of carbonyl (C=O) groups is 1. The molecular weight excluding hydrogens is 356 g/mol. The van der Waals surface area contributed by atoms with Gasteiger partial charge in [0, 0.05) is 16.6 Å². The molecule has 3 rings (SSSR count). The number of benzene rings is 1. The van der Waals surface area contributed by atoms with Gasteiger partial charge in [0.15, 0.2) is 0 Å². The first kappa shape index (κ1) is 15.9. The lowest BCUT2D eigenvalue weighted by molar-refractivity contribution is 0.0922. The fraction of sp³-hybridized carbons (Fsp3) is 0.353. The van der Waals surface area contributed by atoms with Gasteiger partial charge in [-0.2, -0.15) is 0 Å². The van der Waals surface area contributed by atoms with E-state index >= 15 is 0 Å². The molecule has 1 aromatic heterocycles. The topological polar surface area (TPSA) is 66.9 Å². The average Bonchev–Trinajstić information content (AvgIpc) is 2.58. The quantitative estimate of drug-likeness (QED) is 0.846. The molecule has 0 bridgehead atoms. The van der Waals surface area contributed by atoms with E-state index in [9.17, 15) is 4.79 Å². The number of amides is 1. The van der Waals surface area contributed by atoms with Crippen LogP contribution in [0, 0.1) is 0 Å². The van der Waals surface area contributed by atoms with Gasteiger partial charge in [0.25, 0.3) is 5.91 Å². The molecule has 1 saturated carbocycles. The molecule has 0 unspecified atom stereocenters. The Morgan fingerprint density at radius 1 is 1.13 bits per heavy atom. The fourth-order valence-corrected chi connectivity index (χ4v) is 3.14. The van der Waals surface area contributed by atoms with Crippen molar-refractivity contribution in [3.63, 3.8) is 0 Å². The van der Waals surface area contributed by atoms with Crippen LogP contribution in [0.3, 0.4) is 0 Å². The normalized spacial score (nSPS) is 15.2. The number of nitrogens with one attached hydrogen (secondary N) is 2. The molecule has 2 N–H and O–H groups in total. The highest BCUT2D eigenvalue weighted by atomic mass is 79.9. The van der Waals surface area contributed by atoms with Gasteiger partial charge < -0.3 is 10.6 Å². The van der Waals surface area contributed by atoms with E-state index in [-0.39, 0.29) is 11.9 Å². The smallest absolute Gasteiger partial charge is 0.270 e. The van der Waals surface area contributed by atoms with Gasteiger partial charge in [0.05, 0.1) is 5.69 Å². The minimum absolute atomic E-state index is 0.130. The van der Waals surface area contributed by atoms with E-state index in [1.165, 1.54) is 25.6 Å². The number of para-hydroxylation sites is 1. The maximum absolute atomic E-state index is 12.3. The minimum atomic E-state index is -0.130. The van der Waals surface area contributed by atoms with Crippen molar-refractivity contribution in [3.05, 3.63) is 46.8 Å². The van der Waals surface area contributed by atoms with Crippen molar-refractivity contribution < 1.29 is 4.79 Å². The van der Waals surface area contributed by atoms with Gasteiger partial charge in [0.1, 0.15) is 17.8 Å². The van der Waals surface area contributed by atoms with E-state index in [0.29, 0.717) is 11.5 Å². The van der Waals surface area contributed by atoms with Crippen molar-refractivity contribution in [2.24, 2.45) is 0 Å². The van der Waals surface area contributed by atoms with Crippen molar-refractivity contribution in [2.45, 2.75) is 38.1 Å². The van der Waals surface area contributed by atoms with E-state index in [0.717, 1.165) is 23.0 Å². The molecule has 5 nitrogen and oxygen atoms in total. The Balaban J connectivity index is 1.69. The number of rotatable bonds is 4. The van der Waals surface area contributed by atoms with Crippen LogP contribution in [0.25, 0.3) is 0 Å². The van der Waals surface area contributed by atoms with Crippen molar-refractivity contribution in [2.75, 3.05) is 5.32 Å². The third-order valence-corrected chi connectivity index (χ3v) is 4.67. The van der Waals surface area contributed by atoms with E-state index in [1.807, 2.05) is 24.3 Å². The van der Waals surface area contributed by atoms with E-state index in [1.54, 1.807) is 6.07 Å². The number of halogens is 1. The lowest BCUT2D eigenvalue weighted by Crippen LogP contribution is -2.36. The van der Waals surface area contributed by atoms with Crippen LogP contribution in [0.1, 0.15) is 42.6 Å². The summed E-state index contributed by atoms with van der Waals surface area (Å²) in [5.41, 5.74) is 1.28. The monoisotopic (exact) mass is 374 g/mol. The Hall–Kier alpha value is -1.95. The van der Waals surface area contributed by atoms with Crippen LogP contribution in [-0.2, 0) is 0 Å². The van der Waals surface area contributed by atoms with Crippen molar-refractivity contribution in [1.82, 2.24) is 15.3 Å². The van der Waals surface area contributed by atoms with Crippen LogP contribution in [0.4, 0.5) is 11.5 Å². The zero-order valence-corrected chi connectivity index (χ0v) is 14.3. The molecule has 1 amide bonds. The molecule has 2 aromatic rings. The number of aromatic nitrogens is 2. The first-order valence-corrected chi connectivity index (χ1v) is 8.66. The van der Waals surface area contributed by atoms with Gasteiger partial charge in [-0.05, 0) is 40.9 Å². The molecule has 1 aliphatic rings. The number of nitrogens with zero attached hydrogens (tertiary/aromatic N) is 2. The first-order chi connectivity index (χ1) is 11.2. The predicted octanol–water partition coefficient (Wildman–Crippen LogP) is 4.05. The van der Waals surface area contributed by atoms with E-state index in [4.69, 9.17) is 0 Å². The molecule has 0 radical (unpaired) electrons. The largest absolute Gasteiger partial charge is 0.348 e. The second kappa shape index (κ2) is 7.55. The second-order valence-electron chi connectivity index (χ2n) is 5.70. The fourth-order valence-electron chi connectivity index (χ4n) is 2.76. The third-order valence-electron chi connectivity index (χ3n) is 3.98. The lowest BCUT2D eigenvalue weighted by atomic mass is 9.95. The van der Waals surface area contributed by atoms with Gasteiger partial charge in [-0.3, -0.25) is 4.79 Å². The van der Waals surface area contributed by atoms with Crippen LogP contribution in [-0.4, -0.2) is 21.9 Å². The van der Waals surface area contributed by atoms with Gasteiger partial charge in [-0.15, -0.1) is 0 Å². The standard InChI is InChI=1S/C17H19BrN4O/c18-13-8-4-5-9-14(13)22-16-10-15(19-11-20-16)17(23)21-12-6-2-1-3-7-12/h4-5,8-12H,1-3,6-7H2,(H,21,23)(H,19,20,22). The maximum atomic E-state index is 12.3. The highest BCUT2D eigenvalue weighted by Crippen LogP contribution is 2.24. The van der Waals surface area contributed by atoms with E-state index < -0.39 is 0 Å². The summed E-state index contributed by atoms with van der Waals surface area (Å²) in [6.45, 7) is 0. The number of carbonyl (C=O) groups excluding carboxylic acids is 1. The summed E-state index contributed by atoms with van der Waals surface area (Å²) >= 11 is 3.48. The van der Waals surface area contributed by atoms with Gasteiger partial charge in [0.2, 0.25) is 0 Å². The summed E-state index contributed by atoms with van der Waals surface area (Å²) < 4.78 is 0.937. The summed E-state index contributed by atoms with van der Waals surface area (Å²) in [5.74, 6) is 0.468. The Kier molecular flexibility index (Phi) is 5.23. The van der Waals surface area contributed by atoms with Crippen molar-refractivity contribution >= 4 is 33.3 Å². The molecule has 1 fully saturated rings. The zero-order chi connectivity index (χ0) is 16.1. The molecule has 1 aliphatic carbocycles. The van der Waals surface area contributed by atoms with Crippen LogP contribution >= 0.6 is 15.9 Å². The van der Waals surface area contributed by atoms with Crippen LogP contribution in [0.2, 0.25) is 0 Å². The highest BCUT2D eigenvalue weighted by molar-refractivity contribution is 9.10. The summed E-state index contributed by atoms with van der Waals surface area (Å²) in [6, 6.07) is 9.71. The lowest BCUT2D eigenvalue weighted by Gasteiger charge is -2.22. The molecule has 120 valence electrons. The summed E-state index contributed by atoms with van der Waals surface area (Å²) in [7, 11) is 0. The molecule has 23 heavy (non-hydrogen) atoms. The molecule has 0 spiro atoms. The first-order valence-electron chi connectivity index (χ1n) is 7.87. The molecular formula is C17H19BrN4O. The van der Waals surface area contributed by atoms with Gasteiger partial charge >= 0.3 is 0 Å². The number of hydrogen-bond donors (Lipinski definition) is 2. The Morgan fingerprint density at radius 3 is 2.70 bits per heavy atom. The molecule has 1 heterocycles. The third kappa shape index (κ3) is 4.28. The Morgan fingerprint density at radius 2 is 1.91 bits per heavy atom. The van der Waals surface area contributed by atoms with Crippen LogP contribution in [0.5, 0.6) is 0 Å². The number of anilines is 2. The van der Waals surface area contributed by atoms with E-state index in [2.05, 4.69) is 36.5 Å². The molecule has 1 aromatic carbocycles. The molecule has 6 heteroatoms. The summed E-state index contributed by atoms with van der Waals surface area (Å²) in [6.07, 6.45) is 7.15. The van der Waals surface area contributed by atoms with Gasteiger partial charge in [-0.25, -0.2) is 9.97 Å². The highest BCUT2D eigenvalue weighted by Gasteiger charge is 2.17. The Labute approximate surface area is 144 Å². The molecule has 0 atom stereocenters. The predicted molar refractivity (Wildman–Crippen MR) is 93.8 cm³/mol.